The minimum Gasteiger partial charge on any atom is -0.386 e. The van der Waals surface area contributed by atoms with Gasteiger partial charge in [-0.15, -0.1) is 0 Å². The van der Waals surface area contributed by atoms with Gasteiger partial charge in [0.2, 0.25) is 0 Å². The summed E-state index contributed by atoms with van der Waals surface area (Å²) in [6.07, 6.45) is -0.242. The highest BCUT2D eigenvalue weighted by atomic mass is 16.6. The third-order valence-corrected chi connectivity index (χ3v) is 2.21. The lowest BCUT2D eigenvalue weighted by Gasteiger charge is -2.06. The molecule has 0 saturated carbocycles. The van der Waals surface area contributed by atoms with E-state index < -0.39 is 6.10 Å². The maximum atomic E-state index is 9.71. The molecule has 64 valence electrons. The van der Waals surface area contributed by atoms with Crippen LogP contribution in [0, 0.1) is 0 Å². The Kier molecular flexibility index (Phi) is 1.87. The molecule has 1 aliphatic rings. The van der Waals surface area contributed by atoms with Crippen molar-refractivity contribution in [3.63, 3.8) is 0 Å². The van der Waals surface area contributed by atoms with Crippen molar-refractivity contribution in [2.45, 2.75) is 25.2 Å². The smallest absolute Gasteiger partial charge is 0.114 e. The molecular weight excluding hydrogens is 152 g/mol. The minimum atomic E-state index is -0.457. The molecule has 12 heavy (non-hydrogen) atoms. The van der Waals surface area contributed by atoms with Crippen LogP contribution in [0.1, 0.15) is 18.6 Å². The Morgan fingerprint density at radius 3 is 2.42 bits per heavy atom. The second kappa shape index (κ2) is 2.88. The van der Waals surface area contributed by atoms with Crippen molar-refractivity contribution in [3.05, 3.63) is 35.9 Å². The van der Waals surface area contributed by atoms with Gasteiger partial charge in [-0.3, -0.25) is 0 Å². The zero-order valence-corrected chi connectivity index (χ0v) is 6.97. The van der Waals surface area contributed by atoms with Gasteiger partial charge in [0.1, 0.15) is 12.2 Å². The highest BCUT2D eigenvalue weighted by Crippen LogP contribution is 2.33. The van der Waals surface area contributed by atoms with Gasteiger partial charge in [-0.2, -0.15) is 0 Å². The third kappa shape index (κ3) is 1.36. The molecule has 3 atom stereocenters. The van der Waals surface area contributed by atoms with Crippen molar-refractivity contribution < 1.29 is 9.84 Å². The Morgan fingerprint density at radius 1 is 1.33 bits per heavy atom. The summed E-state index contributed by atoms with van der Waals surface area (Å²) in [4.78, 5) is 0. The van der Waals surface area contributed by atoms with Gasteiger partial charge in [0, 0.05) is 0 Å². The second-order valence-corrected chi connectivity index (χ2v) is 3.16. The Balaban J connectivity index is 2.10. The van der Waals surface area contributed by atoms with Crippen LogP contribution >= 0.6 is 0 Å². The van der Waals surface area contributed by atoms with E-state index in [1.165, 1.54) is 0 Å². The van der Waals surface area contributed by atoms with Crippen molar-refractivity contribution in [1.82, 2.24) is 0 Å². The summed E-state index contributed by atoms with van der Waals surface area (Å²) in [5, 5.41) is 9.71. The number of ether oxygens (including phenoxy) is 1. The van der Waals surface area contributed by atoms with E-state index in [0.29, 0.717) is 0 Å². The Bertz CT molecular complexity index is 258. The summed E-state index contributed by atoms with van der Waals surface area (Å²) >= 11 is 0. The first-order valence-corrected chi connectivity index (χ1v) is 4.17. The molecule has 0 amide bonds. The molecule has 1 heterocycles. The van der Waals surface area contributed by atoms with E-state index in [0.717, 1.165) is 5.56 Å². The summed E-state index contributed by atoms with van der Waals surface area (Å²) in [5.74, 6) is 0. The van der Waals surface area contributed by atoms with Gasteiger partial charge >= 0.3 is 0 Å². The van der Waals surface area contributed by atoms with Crippen LogP contribution in [0.5, 0.6) is 0 Å². The molecular formula is C10H12O2. The molecule has 1 aromatic carbocycles. The molecule has 1 aromatic rings. The van der Waals surface area contributed by atoms with Gasteiger partial charge in [0.15, 0.2) is 0 Å². The highest BCUT2D eigenvalue weighted by molar-refractivity contribution is 5.20. The molecule has 1 fully saturated rings. The van der Waals surface area contributed by atoms with Gasteiger partial charge in [-0.1, -0.05) is 30.3 Å². The van der Waals surface area contributed by atoms with Crippen LogP contribution in [0.15, 0.2) is 30.3 Å². The van der Waals surface area contributed by atoms with Crippen LogP contribution in [-0.4, -0.2) is 17.3 Å². The molecule has 0 aliphatic carbocycles. The first-order chi connectivity index (χ1) is 5.79. The topological polar surface area (TPSA) is 32.8 Å². The summed E-state index contributed by atoms with van der Waals surface area (Å²) in [5.41, 5.74) is 0.937. The van der Waals surface area contributed by atoms with E-state index >= 15 is 0 Å². The quantitative estimate of drug-likeness (QED) is 0.672. The molecule has 2 heteroatoms. The van der Waals surface area contributed by atoms with Gasteiger partial charge in [0.25, 0.3) is 0 Å². The van der Waals surface area contributed by atoms with Crippen LogP contribution in [-0.2, 0) is 4.74 Å². The normalized spacial score (nSPS) is 29.8. The number of hydrogen-bond acceptors (Lipinski definition) is 2. The zero-order valence-electron chi connectivity index (χ0n) is 6.97. The molecule has 0 aromatic heterocycles. The molecule has 0 unspecified atom stereocenters. The van der Waals surface area contributed by atoms with Crippen molar-refractivity contribution in [1.29, 1.82) is 0 Å². The van der Waals surface area contributed by atoms with Gasteiger partial charge in [-0.05, 0) is 12.5 Å². The fourth-order valence-corrected chi connectivity index (χ4v) is 1.37. The van der Waals surface area contributed by atoms with Crippen molar-refractivity contribution in [2.24, 2.45) is 0 Å². The van der Waals surface area contributed by atoms with Crippen LogP contribution in [0.3, 0.4) is 0 Å². The standard InChI is InChI=1S/C10H12O2/c1-7-10(12-7)9(11)8-5-3-2-4-6-8/h2-7,9-11H,1H3/t7-,9+,10-/m1/s1. The van der Waals surface area contributed by atoms with E-state index in [4.69, 9.17) is 4.74 Å². The number of aliphatic hydroxyl groups is 1. The first-order valence-electron chi connectivity index (χ1n) is 4.17. The average molecular weight is 164 g/mol. The fourth-order valence-electron chi connectivity index (χ4n) is 1.37. The van der Waals surface area contributed by atoms with E-state index in [2.05, 4.69) is 0 Å². The number of epoxide rings is 1. The van der Waals surface area contributed by atoms with Gasteiger partial charge in [-0.25, -0.2) is 0 Å². The predicted molar refractivity (Wildman–Crippen MR) is 45.7 cm³/mol. The SMILES string of the molecule is C[C@H]1O[C@H]1[C@@H](O)c1ccccc1. The Labute approximate surface area is 71.8 Å². The number of rotatable bonds is 2. The molecule has 0 bridgehead atoms. The Morgan fingerprint density at radius 2 is 1.92 bits per heavy atom. The van der Waals surface area contributed by atoms with E-state index in [9.17, 15) is 5.11 Å². The summed E-state index contributed by atoms with van der Waals surface area (Å²) in [6.45, 7) is 1.97. The second-order valence-electron chi connectivity index (χ2n) is 3.16. The Hall–Kier alpha value is -0.860. The summed E-state index contributed by atoms with van der Waals surface area (Å²) in [7, 11) is 0. The van der Waals surface area contributed by atoms with Gasteiger partial charge in [0.05, 0.1) is 6.10 Å². The lowest BCUT2D eigenvalue weighted by Crippen LogP contribution is -2.06. The molecule has 0 radical (unpaired) electrons. The van der Waals surface area contributed by atoms with E-state index in [-0.39, 0.29) is 12.2 Å². The fraction of sp³-hybridized carbons (Fsp3) is 0.400. The molecule has 1 N–H and O–H groups in total. The van der Waals surface area contributed by atoms with Crippen LogP contribution < -0.4 is 0 Å². The van der Waals surface area contributed by atoms with Crippen LogP contribution in [0.2, 0.25) is 0 Å². The average Bonchev–Trinajstić information content (AvgIpc) is 2.83. The highest BCUT2D eigenvalue weighted by Gasteiger charge is 2.41. The maximum Gasteiger partial charge on any atom is 0.114 e. The number of hydrogen-bond donors (Lipinski definition) is 1. The summed E-state index contributed by atoms with van der Waals surface area (Å²) in [6, 6.07) is 9.61. The molecule has 0 spiro atoms. The van der Waals surface area contributed by atoms with Crippen molar-refractivity contribution in [3.8, 4) is 0 Å². The number of aliphatic hydroxyl groups excluding tert-OH is 1. The van der Waals surface area contributed by atoms with E-state index in [1.807, 2.05) is 37.3 Å². The van der Waals surface area contributed by atoms with Crippen LogP contribution in [0.4, 0.5) is 0 Å². The first kappa shape index (κ1) is 7.77. The van der Waals surface area contributed by atoms with Crippen molar-refractivity contribution >= 4 is 0 Å². The zero-order chi connectivity index (χ0) is 8.55. The molecule has 1 aliphatic heterocycles. The van der Waals surface area contributed by atoms with Crippen LogP contribution in [0.25, 0.3) is 0 Å². The largest absolute Gasteiger partial charge is 0.386 e. The van der Waals surface area contributed by atoms with E-state index in [1.54, 1.807) is 0 Å². The molecule has 1 saturated heterocycles. The number of benzene rings is 1. The minimum absolute atomic E-state index is 0.00685. The summed E-state index contributed by atoms with van der Waals surface area (Å²) < 4.78 is 5.18. The lowest BCUT2D eigenvalue weighted by atomic mass is 10.1. The predicted octanol–water partition coefficient (Wildman–Crippen LogP) is 1.51. The molecule has 2 nitrogen and oxygen atoms in total. The van der Waals surface area contributed by atoms with Crippen molar-refractivity contribution in [2.75, 3.05) is 0 Å². The third-order valence-electron chi connectivity index (χ3n) is 2.21. The lowest BCUT2D eigenvalue weighted by molar-refractivity contribution is 0.137. The monoisotopic (exact) mass is 164 g/mol. The molecule has 2 rings (SSSR count). The maximum absolute atomic E-state index is 9.71. The van der Waals surface area contributed by atoms with Gasteiger partial charge < -0.3 is 9.84 Å².